The van der Waals surface area contributed by atoms with Crippen LogP contribution in [-0.2, 0) is 14.8 Å². The lowest BCUT2D eigenvalue weighted by Crippen LogP contribution is -2.46. The van der Waals surface area contributed by atoms with Crippen molar-refractivity contribution >= 4 is 21.4 Å². The molecule has 7 heteroatoms. The Morgan fingerprint density at radius 1 is 1.13 bits per heavy atom. The van der Waals surface area contributed by atoms with Crippen molar-refractivity contribution in [3.8, 4) is 0 Å². The lowest BCUT2D eigenvalue weighted by Gasteiger charge is -2.36. The topological polar surface area (TPSA) is 61.9 Å². The Kier molecular flexibility index (Phi) is 6.68. The van der Waals surface area contributed by atoms with Crippen molar-refractivity contribution in [2.75, 3.05) is 61.3 Å². The molecule has 6 nitrogen and oxygen atoms in total. The number of likely N-dealkylation sites (N-methyl/N-ethyl adjacent to an activating group) is 1. The Hall–Kier alpha value is -1.31. The zero-order valence-corrected chi connectivity index (χ0v) is 14.8. The number of hydrogen-bond donors (Lipinski definition) is 1. The first-order chi connectivity index (χ1) is 11.1. The van der Waals surface area contributed by atoms with E-state index in [-0.39, 0.29) is 12.4 Å². The van der Waals surface area contributed by atoms with Crippen molar-refractivity contribution in [1.82, 2.24) is 4.90 Å². The number of rotatable bonds is 8. The molecule has 0 saturated carbocycles. The summed E-state index contributed by atoms with van der Waals surface area (Å²) in [6, 6.07) is 7.59. The first kappa shape index (κ1) is 18.0. The summed E-state index contributed by atoms with van der Waals surface area (Å²) in [4.78, 5) is 4.64. The summed E-state index contributed by atoms with van der Waals surface area (Å²) in [6.07, 6.45) is 0. The van der Waals surface area contributed by atoms with Gasteiger partial charge in [0.15, 0.2) is 0 Å². The zero-order chi connectivity index (χ0) is 16.7. The number of sulfonamides is 1. The van der Waals surface area contributed by atoms with Gasteiger partial charge in [-0.1, -0.05) is 19.1 Å². The van der Waals surface area contributed by atoms with E-state index in [0.717, 1.165) is 38.4 Å². The van der Waals surface area contributed by atoms with Crippen LogP contribution in [0, 0.1) is 0 Å². The quantitative estimate of drug-likeness (QED) is 0.728. The highest BCUT2D eigenvalue weighted by atomic mass is 32.2. The maximum atomic E-state index is 12.2. The van der Waals surface area contributed by atoms with Crippen molar-refractivity contribution in [2.45, 2.75) is 13.8 Å². The number of hydrogen-bond acceptors (Lipinski definition) is 5. The first-order valence-electron chi connectivity index (χ1n) is 8.20. The highest BCUT2D eigenvalue weighted by Gasteiger charge is 2.20. The Morgan fingerprint density at radius 3 is 2.48 bits per heavy atom. The van der Waals surface area contributed by atoms with Crippen LogP contribution in [0.25, 0.3) is 0 Å². The highest BCUT2D eigenvalue weighted by Crippen LogP contribution is 2.27. The molecule has 0 amide bonds. The fourth-order valence-electron chi connectivity index (χ4n) is 2.67. The predicted octanol–water partition coefficient (Wildman–Crippen LogP) is 1.61. The Bertz CT molecular complexity index is 584. The van der Waals surface area contributed by atoms with E-state index in [1.807, 2.05) is 31.2 Å². The van der Waals surface area contributed by atoms with Crippen molar-refractivity contribution in [3.63, 3.8) is 0 Å². The molecule has 130 valence electrons. The molecule has 0 atom stereocenters. The van der Waals surface area contributed by atoms with Gasteiger partial charge in [0, 0.05) is 32.8 Å². The van der Waals surface area contributed by atoms with Gasteiger partial charge in [0.05, 0.1) is 23.7 Å². The summed E-state index contributed by atoms with van der Waals surface area (Å²) in [5.74, 6) is -0.0290. The molecule has 0 spiro atoms. The van der Waals surface area contributed by atoms with Crippen LogP contribution < -0.4 is 9.62 Å². The third-order valence-electron chi connectivity index (χ3n) is 4.03. The van der Waals surface area contributed by atoms with Crippen LogP contribution in [-0.4, -0.2) is 65.0 Å². The Balaban J connectivity index is 2.06. The normalized spacial score (nSPS) is 16.5. The summed E-state index contributed by atoms with van der Waals surface area (Å²) in [5, 5.41) is 0. The minimum atomic E-state index is -3.40. The van der Waals surface area contributed by atoms with Gasteiger partial charge in [-0.15, -0.1) is 0 Å². The molecule has 1 N–H and O–H groups in total. The van der Waals surface area contributed by atoms with Crippen molar-refractivity contribution in [3.05, 3.63) is 24.3 Å². The van der Waals surface area contributed by atoms with Crippen LogP contribution in [0.4, 0.5) is 11.4 Å². The summed E-state index contributed by atoms with van der Waals surface area (Å²) >= 11 is 0. The number of anilines is 2. The lowest BCUT2D eigenvalue weighted by atomic mass is 10.2. The largest absolute Gasteiger partial charge is 0.381 e. The average Bonchev–Trinajstić information content (AvgIpc) is 2.55. The predicted molar refractivity (Wildman–Crippen MR) is 94.7 cm³/mol. The van der Waals surface area contributed by atoms with E-state index < -0.39 is 10.0 Å². The molecule has 1 aliphatic rings. The van der Waals surface area contributed by atoms with Gasteiger partial charge in [0.2, 0.25) is 10.0 Å². The molecule has 2 rings (SSSR count). The minimum absolute atomic E-state index is 0.0290. The van der Waals surface area contributed by atoms with Crippen LogP contribution in [0.15, 0.2) is 24.3 Å². The Morgan fingerprint density at radius 2 is 1.83 bits per heavy atom. The lowest BCUT2D eigenvalue weighted by molar-refractivity contribution is 0.163. The smallest absolute Gasteiger partial charge is 0.235 e. The van der Waals surface area contributed by atoms with Crippen LogP contribution in [0.2, 0.25) is 0 Å². The Labute approximate surface area is 139 Å². The molecule has 23 heavy (non-hydrogen) atoms. The maximum absolute atomic E-state index is 12.2. The van der Waals surface area contributed by atoms with Crippen LogP contribution >= 0.6 is 0 Å². The molecule has 1 aromatic rings. The molecule has 0 radical (unpaired) electrons. The number of nitrogens with zero attached hydrogens (tertiary/aromatic N) is 2. The fraction of sp³-hybridized carbons (Fsp3) is 0.625. The molecule has 1 saturated heterocycles. The van der Waals surface area contributed by atoms with Crippen molar-refractivity contribution in [1.29, 1.82) is 0 Å². The van der Waals surface area contributed by atoms with Gasteiger partial charge in [0.25, 0.3) is 0 Å². The second kappa shape index (κ2) is 8.52. The number of piperazine rings is 1. The van der Waals surface area contributed by atoms with Gasteiger partial charge in [-0.3, -0.25) is 4.72 Å². The van der Waals surface area contributed by atoms with E-state index in [4.69, 9.17) is 4.74 Å². The standard InChI is InChI=1S/C16H27N3O3S/c1-3-18-9-11-19(12-10-18)16-8-6-5-7-15(16)17-23(20,21)14-13-22-4-2/h5-8,17H,3-4,9-14H2,1-2H3. The molecular formula is C16H27N3O3S. The summed E-state index contributed by atoms with van der Waals surface area (Å²) in [5.41, 5.74) is 1.59. The molecule has 0 aromatic heterocycles. The van der Waals surface area contributed by atoms with Crippen LogP contribution in [0.1, 0.15) is 13.8 Å². The minimum Gasteiger partial charge on any atom is -0.381 e. The van der Waals surface area contributed by atoms with Gasteiger partial charge >= 0.3 is 0 Å². The molecule has 0 unspecified atom stereocenters. The van der Waals surface area contributed by atoms with Gasteiger partial charge in [-0.25, -0.2) is 8.42 Å². The monoisotopic (exact) mass is 341 g/mol. The SMILES string of the molecule is CCOCCS(=O)(=O)Nc1ccccc1N1CCN(CC)CC1. The molecule has 1 heterocycles. The third kappa shape index (κ3) is 5.37. The average molecular weight is 341 g/mol. The van der Waals surface area contributed by atoms with E-state index in [0.29, 0.717) is 12.3 Å². The van der Waals surface area contributed by atoms with E-state index in [2.05, 4.69) is 21.4 Å². The van der Waals surface area contributed by atoms with E-state index >= 15 is 0 Å². The van der Waals surface area contributed by atoms with Gasteiger partial charge in [-0.2, -0.15) is 0 Å². The van der Waals surface area contributed by atoms with E-state index in [1.165, 1.54) is 0 Å². The molecule has 0 aliphatic carbocycles. The summed E-state index contributed by atoms with van der Waals surface area (Å²) in [7, 11) is -3.40. The van der Waals surface area contributed by atoms with Crippen molar-refractivity contribution < 1.29 is 13.2 Å². The highest BCUT2D eigenvalue weighted by molar-refractivity contribution is 7.92. The second-order valence-corrected chi connectivity index (χ2v) is 7.40. The summed E-state index contributed by atoms with van der Waals surface area (Å²) in [6.45, 7) is 9.62. The maximum Gasteiger partial charge on any atom is 0.235 e. The first-order valence-corrected chi connectivity index (χ1v) is 9.85. The fourth-order valence-corrected chi connectivity index (χ4v) is 3.62. The molecular weight excluding hydrogens is 314 g/mol. The zero-order valence-electron chi connectivity index (χ0n) is 14.0. The number of ether oxygens (including phenoxy) is 1. The van der Waals surface area contributed by atoms with Gasteiger partial charge in [0.1, 0.15) is 0 Å². The van der Waals surface area contributed by atoms with Crippen LogP contribution in [0.3, 0.4) is 0 Å². The molecule has 1 aromatic carbocycles. The molecule has 1 aliphatic heterocycles. The summed E-state index contributed by atoms with van der Waals surface area (Å²) < 4.78 is 32.2. The number of para-hydroxylation sites is 2. The van der Waals surface area contributed by atoms with Gasteiger partial charge < -0.3 is 14.5 Å². The van der Waals surface area contributed by atoms with Crippen LogP contribution in [0.5, 0.6) is 0 Å². The second-order valence-electron chi connectivity index (χ2n) is 5.56. The molecule has 0 bridgehead atoms. The van der Waals surface area contributed by atoms with Gasteiger partial charge in [-0.05, 0) is 25.6 Å². The number of benzene rings is 1. The van der Waals surface area contributed by atoms with E-state index in [9.17, 15) is 8.42 Å². The van der Waals surface area contributed by atoms with Crippen molar-refractivity contribution in [2.24, 2.45) is 0 Å². The van der Waals surface area contributed by atoms with E-state index in [1.54, 1.807) is 0 Å². The third-order valence-corrected chi connectivity index (χ3v) is 5.27. The molecule has 1 fully saturated rings. The number of nitrogens with one attached hydrogen (secondary N) is 1.